The quantitative estimate of drug-likeness (QED) is 0.606. The molecule has 0 aliphatic heterocycles. The molecule has 3 rings (SSSR count). The Kier molecular flexibility index (Phi) is 6.31. The minimum absolute atomic E-state index is 0.184. The number of benzene rings is 1. The van der Waals surface area contributed by atoms with Crippen LogP contribution in [-0.2, 0) is 11.8 Å². The molecule has 1 amide bonds. The SMILES string of the molecule is CCOc1ccccc1-c1nnc(SCC(=O)Nc2ccc(Cl)cn2)n1C. The molecule has 1 N–H and O–H groups in total. The van der Waals surface area contributed by atoms with Crippen LogP contribution in [0.4, 0.5) is 5.82 Å². The number of nitrogens with zero attached hydrogens (tertiary/aromatic N) is 4. The number of carbonyl (C=O) groups excluding carboxylic acids is 1. The molecule has 27 heavy (non-hydrogen) atoms. The number of halogens is 1. The smallest absolute Gasteiger partial charge is 0.236 e. The zero-order chi connectivity index (χ0) is 19.2. The third-order valence-electron chi connectivity index (χ3n) is 3.59. The first-order valence-corrected chi connectivity index (χ1v) is 9.60. The molecular weight excluding hydrogens is 386 g/mol. The lowest BCUT2D eigenvalue weighted by Gasteiger charge is -2.09. The summed E-state index contributed by atoms with van der Waals surface area (Å²) in [6.45, 7) is 2.50. The van der Waals surface area contributed by atoms with Crippen LogP contribution in [0.5, 0.6) is 5.75 Å². The molecule has 140 valence electrons. The maximum Gasteiger partial charge on any atom is 0.236 e. The number of hydrogen-bond acceptors (Lipinski definition) is 6. The van der Waals surface area contributed by atoms with Crippen molar-refractivity contribution < 1.29 is 9.53 Å². The van der Waals surface area contributed by atoms with Gasteiger partial charge in [0, 0.05) is 13.2 Å². The van der Waals surface area contributed by atoms with E-state index in [0.29, 0.717) is 28.4 Å². The molecule has 0 unspecified atom stereocenters. The molecule has 1 aromatic carbocycles. The van der Waals surface area contributed by atoms with E-state index in [-0.39, 0.29) is 11.7 Å². The fourth-order valence-corrected chi connectivity index (χ4v) is 3.19. The van der Waals surface area contributed by atoms with E-state index < -0.39 is 0 Å². The Hall–Kier alpha value is -2.58. The fourth-order valence-electron chi connectivity index (χ4n) is 2.37. The molecular formula is C18H18ClN5O2S. The molecule has 0 atom stereocenters. The van der Waals surface area contributed by atoms with Gasteiger partial charge in [-0.05, 0) is 31.2 Å². The molecule has 3 aromatic rings. The van der Waals surface area contributed by atoms with Gasteiger partial charge in [0.2, 0.25) is 5.91 Å². The van der Waals surface area contributed by atoms with E-state index in [2.05, 4.69) is 20.5 Å². The van der Waals surface area contributed by atoms with Crippen molar-refractivity contribution >= 4 is 35.1 Å². The van der Waals surface area contributed by atoms with Gasteiger partial charge >= 0.3 is 0 Å². The van der Waals surface area contributed by atoms with E-state index in [4.69, 9.17) is 16.3 Å². The minimum atomic E-state index is -0.186. The number of hydrogen-bond donors (Lipinski definition) is 1. The Bertz CT molecular complexity index is 930. The summed E-state index contributed by atoms with van der Waals surface area (Å²) in [5.41, 5.74) is 0.857. The number of carbonyl (C=O) groups is 1. The maximum atomic E-state index is 12.1. The second-order valence-corrected chi connectivity index (χ2v) is 6.87. The summed E-state index contributed by atoms with van der Waals surface area (Å²) < 4.78 is 7.50. The Morgan fingerprint density at radius 3 is 2.81 bits per heavy atom. The zero-order valence-electron chi connectivity index (χ0n) is 14.8. The van der Waals surface area contributed by atoms with Gasteiger partial charge in [0.25, 0.3) is 0 Å². The molecule has 0 radical (unpaired) electrons. The lowest BCUT2D eigenvalue weighted by Crippen LogP contribution is -2.15. The standard InChI is InChI=1S/C18H18ClN5O2S/c1-3-26-14-7-5-4-6-13(14)17-22-23-18(24(17)2)27-11-16(25)21-15-9-8-12(19)10-20-15/h4-10H,3,11H2,1-2H3,(H,20,21,25). The van der Waals surface area contributed by atoms with E-state index in [0.717, 1.165) is 11.3 Å². The van der Waals surface area contributed by atoms with Crippen LogP contribution < -0.4 is 10.1 Å². The second-order valence-electron chi connectivity index (χ2n) is 5.49. The number of nitrogens with one attached hydrogen (secondary N) is 1. The predicted molar refractivity (Wildman–Crippen MR) is 106 cm³/mol. The third-order valence-corrected chi connectivity index (χ3v) is 4.83. The molecule has 9 heteroatoms. The topological polar surface area (TPSA) is 81.9 Å². The van der Waals surface area contributed by atoms with Gasteiger partial charge in [0.15, 0.2) is 11.0 Å². The largest absolute Gasteiger partial charge is 0.493 e. The van der Waals surface area contributed by atoms with E-state index in [1.807, 2.05) is 42.8 Å². The minimum Gasteiger partial charge on any atom is -0.493 e. The average Bonchev–Trinajstić information content (AvgIpc) is 3.03. The fraction of sp³-hybridized carbons (Fsp3) is 0.222. The Morgan fingerprint density at radius 1 is 1.26 bits per heavy atom. The Labute approximate surface area is 166 Å². The van der Waals surface area contributed by atoms with Crippen LogP contribution in [0.15, 0.2) is 47.8 Å². The monoisotopic (exact) mass is 403 g/mol. The lowest BCUT2D eigenvalue weighted by atomic mass is 10.2. The molecule has 0 aliphatic carbocycles. The van der Waals surface area contributed by atoms with Crippen LogP contribution in [-0.4, -0.2) is 38.0 Å². The highest BCUT2D eigenvalue weighted by molar-refractivity contribution is 7.99. The second kappa shape index (κ2) is 8.88. The molecule has 2 aromatic heterocycles. The van der Waals surface area contributed by atoms with Crippen molar-refractivity contribution in [2.24, 2.45) is 7.05 Å². The summed E-state index contributed by atoms with van der Waals surface area (Å²) >= 11 is 7.08. The molecule has 0 saturated heterocycles. The number of ether oxygens (including phenoxy) is 1. The van der Waals surface area contributed by atoms with Crippen LogP contribution >= 0.6 is 23.4 Å². The first kappa shape index (κ1) is 19.2. The molecule has 0 aliphatic rings. The maximum absolute atomic E-state index is 12.1. The Morgan fingerprint density at radius 2 is 2.07 bits per heavy atom. The van der Waals surface area contributed by atoms with Gasteiger partial charge in [-0.2, -0.15) is 0 Å². The summed E-state index contributed by atoms with van der Waals surface area (Å²) in [5.74, 6) is 1.88. The van der Waals surface area contributed by atoms with Crippen molar-refractivity contribution in [2.75, 3.05) is 17.7 Å². The molecule has 7 nitrogen and oxygen atoms in total. The van der Waals surface area contributed by atoms with Crippen molar-refractivity contribution in [3.05, 3.63) is 47.6 Å². The van der Waals surface area contributed by atoms with Gasteiger partial charge < -0.3 is 14.6 Å². The number of pyridine rings is 1. The van der Waals surface area contributed by atoms with Gasteiger partial charge in [-0.15, -0.1) is 10.2 Å². The molecule has 0 spiro atoms. The first-order valence-electron chi connectivity index (χ1n) is 8.24. The average molecular weight is 404 g/mol. The van der Waals surface area contributed by atoms with Gasteiger partial charge in [-0.25, -0.2) is 4.98 Å². The molecule has 0 fully saturated rings. The number of anilines is 1. The third kappa shape index (κ3) is 4.78. The number of para-hydroxylation sites is 1. The summed E-state index contributed by atoms with van der Waals surface area (Å²) in [7, 11) is 1.86. The summed E-state index contributed by atoms with van der Waals surface area (Å²) in [6.07, 6.45) is 1.48. The predicted octanol–water partition coefficient (Wildman–Crippen LogP) is 3.66. The van der Waals surface area contributed by atoms with Gasteiger partial charge in [0.1, 0.15) is 11.6 Å². The van der Waals surface area contributed by atoms with Crippen molar-refractivity contribution in [1.29, 1.82) is 0 Å². The van der Waals surface area contributed by atoms with Crippen LogP contribution in [0.25, 0.3) is 11.4 Å². The van der Waals surface area contributed by atoms with Crippen molar-refractivity contribution in [2.45, 2.75) is 12.1 Å². The Balaban J connectivity index is 1.67. The molecule has 0 saturated carbocycles. The number of aromatic nitrogens is 4. The molecule has 2 heterocycles. The van der Waals surface area contributed by atoms with Crippen LogP contribution in [0.1, 0.15) is 6.92 Å². The van der Waals surface area contributed by atoms with E-state index >= 15 is 0 Å². The van der Waals surface area contributed by atoms with E-state index in [1.54, 1.807) is 12.1 Å². The summed E-state index contributed by atoms with van der Waals surface area (Å²) in [4.78, 5) is 16.2. The van der Waals surface area contributed by atoms with E-state index in [1.165, 1.54) is 18.0 Å². The highest BCUT2D eigenvalue weighted by Gasteiger charge is 2.16. The van der Waals surface area contributed by atoms with Gasteiger partial charge in [-0.3, -0.25) is 4.79 Å². The number of rotatable bonds is 7. The number of amides is 1. The van der Waals surface area contributed by atoms with E-state index in [9.17, 15) is 4.79 Å². The highest BCUT2D eigenvalue weighted by atomic mass is 35.5. The van der Waals surface area contributed by atoms with Crippen molar-refractivity contribution in [3.8, 4) is 17.1 Å². The van der Waals surface area contributed by atoms with Gasteiger partial charge in [-0.1, -0.05) is 35.5 Å². The zero-order valence-corrected chi connectivity index (χ0v) is 16.4. The summed E-state index contributed by atoms with van der Waals surface area (Å²) in [5, 5.41) is 12.3. The summed E-state index contributed by atoms with van der Waals surface area (Å²) in [6, 6.07) is 11.0. The van der Waals surface area contributed by atoms with Crippen LogP contribution in [0.3, 0.4) is 0 Å². The number of thioether (sulfide) groups is 1. The van der Waals surface area contributed by atoms with Gasteiger partial charge in [0.05, 0.1) is 22.9 Å². The van der Waals surface area contributed by atoms with Crippen LogP contribution in [0, 0.1) is 0 Å². The normalized spacial score (nSPS) is 10.6. The van der Waals surface area contributed by atoms with Crippen LogP contribution in [0.2, 0.25) is 5.02 Å². The lowest BCUT2D eigenvalue weighted by molar-refractivity contribution is -0.113. The van der Waals surface area contributed by atoms with Crippen molar-refractivity contribution in [1.82, 2.24) is 19.7 Å². The molecule has 0 bridgehead atoms. The highest BCUT2D eigenvalue weighted by Crippen LogP contribution is 2.30. The van der Waals surface area contributed by atoms with Crippen molar-refractivity contribution in [3.63, 3.8) is 0 Å². The first-order chi connectivity index (χ1) is 13.1.